The number of nitrogens with zero attached hydrogens (tertiary/aromatic N) is 2. The summed E-state index contributed by atoms with van der Waals surface area (Å²) in [7, 11) is 0. The Bertz CT molecular complexity index is 523. The average molecular weight is 287 g/mol. The first-order valence-corrected chi connectivity index (χ1v) is 7.90. The Morgan fingerprint density at radius 2 is 2.10 bits per heavy atom. The maximum atomic E-state index is 13.9. The second kappa shape index (κ2) is 6.55. The van der Waals surface area contributed by atoms with E-state index in [2.05, 4.69) is 10.2 Å². The van der Waals surface area contributed by atoms with Crippen LogP contribution < -0.4 is 5.32 Å². The highest BCUT2D eigenvalue weighted by atomic mass is 19.1. The molecule has 3 rings (SSSR count). The molecule has 0 bridgehead atoms. The van der Waals surface area contributed by atoms with Crippen molar-refractivity contribution in [1.29, 1.82) is 5.26 Å². The number of halogens is 1. The van der Waals surface area contributed by atoms with Crippen LogP contribution in [0.2, 0.25) is 0 Å². The predicted molar refractivity (Wildman–Crippen MR) is 80.1 cm³/mol. The van der Waals surface area contributed by atoms with Gasteiger partial charge in [-0.25, -0.2) is 4.39 Å². The van der Waals surface area contributed by atoms with E-state index in [0.29, 0.717) is 23.7 Å². The van der Waals surface area contributed by atoms with Crippen LogP contribution in [0.25, 0.3) is 0 Å². The van der Waals surface area contributed by atoms with Crippen LogP contribution in [0.4, 0.5) is 4.39 Å². The molecular formula is C17H22FN3. The summed E-state index contributed by atoms with van der Waals surface area (Å²) in [5, 5.41) is 12.4. The molecule has 4 heteroatoms. The summed E-state index contributed by atoms with van der Waals surface area (Å²) in [5.74, 6) is 0.531. The van der Waals surface area contributed by atoms with E-state index in [1.54, 1.807) is 12.1 Å². The number of likely N-dealkylation sites (tertiary alicyclic amines) is 1. The maximum Gasteiger partial charge on any atom is 0.129 e. The molecule has 1 unspecified atom stereocenters. The Hall–Kier alpha value is -1.44. The minimum absolute atomic E-state index is 0.256. The predicted octanol–water partition coefficient (Wildman–Crippen LogP) is 2.66. The van der Waals surface area contributed by atoms with Crippen molar-refractivity contribution in [2.24, 2.45) is 5.92 Å². The van der Waals surface area contributed by atoms with E-state index < -0.39 is 0 Å². The van der Waals surface area contributed by atoms with Crippen LogP contribution >= 0.6 is 0 Å². The lowest BCUT2D eigenvalue weighted by Crippen LogP contribution is -2.40. The zero-order valence-electron chi connectivity index (χ0n) is 12.3. The first-order valence-electron chi connectivity index (χ1n) is 7.90. The molecule has 0 radical (unpaired) electrons. The summed E-state index contributed by atoms with van der Waals surface area (Å²) in [6.07, 6.45) is 5.03. The number of nitrogens with one attached hydrogen (secondary N) is 1. The molecule has 2 aliphatic rings. The summed E-state index contributed by atoms with van der Waals surface area (Å²) in [5.41, 5.74) is 1.09. The van der Waals surface area contributed by atoms with E-state index in [1.165, 1.54) is 38.3 Å². The summed E-state index contributed by atoms with van der Waals surface area (Å²) in [6.45, 7) is 3.91. The van der Waals surface area contributed by atoms with Gasteiger partial charge in [-0.1, -0.05) is 6.07 Å². The number of rotatable bonds is 3. The van der Waals surface area contributed by atoms with E-state index >= 15 is 0 Å². The number of piperidine rings is 1. The zero-order chi connectivity index (χ0) is 14.7. The molecule has 0 amide bonds. The SMILES string of the molecule is N#Cc1ccc(CN2CCC(C3CCCN3)CC2)c(F)c1. The fraction of sp³-hybridized carbons (Fsp3) is 0.588. The third-order valence-electron chi connectivity index (χ3n) is 4.88. The number of benzene rings is 1. The van der Waals surface area contributed by atoms with Crippen LogP contribution in [0, 0.1) is 23.1 Å². The zero-order valence-corrected chi connectivity index (χ0v) is 12.3. The number of hydrogen-bond donors (Lipinski definition) is 1. The van der Waals surface area contributed by atoms with Gasteiger partial charge in [-0.05, 0) is 63.4 Å². The lowest BCUT2D eigenvalue weighted by atomic mass is 9.88. The van der Waals surface area contributed by atoms with Crippen LogP contribution in [-0.4, -0.2) is 30.6 Å². The molecule has 21 heavy (non-hydrogen) atoms. The van der Waals surface area contributed by atoms with Crippen LogP contribution in [-0.2, 0) is 6.54 Å². The van der Waals surface area contributed by atoms with Crippen LogP contribution in [0.3, 0.4) is 0 Å². The number of nitriles is 1. The van der Waals surface area contributed by atoms with E-state index in [-0.39, 0.29) is 5.82 Å². The van der Waals surface area contributed by atoms with Gasteiger partial charge in [0.05, 0.1) is 11.6 Å². The van der Waals surface area contributed by atoms with Gasteiger partial charge in [-0.15, -0.1) is 0 Å². The fourth-order valence-electron chi connectivity index (χ4n) is 3.61. The minimum Gasteiger partial charge on any atom is -0.314 e. The number of hydrogen-bond acceptors (Lipinski definition) is 3. The maximum absolute atomic E-state index is 13.9. The van der Waals surface area contributed by atoms with E-state index in [9.17, 15) is 4.39 Å². The van der Waals surface area contributed by atoms with Crippen molar-refractivity contribution in [1.82, 2.24) is 10.2 Å². The van der Waals surface area contributed by atoms with Crippen LogP contribution in [0.1, 0.15) is 36.8 Å². The first-order chi connectivity index (χ1) is 10.3. The molecule has 2 heterocycles. The molecule has 1 N–H and O–H groups in total. The summed E-state index contributed by atoms with van der Waals surface area (Å²) in [4.78, 5) is 2.33. The van der Waals surface area contributed by atoms with Crippen LogP contribution in [0.5, 0.6) is 0 Å². The van der Waals surface area contributed by atoms with Crippen molar-refractivity contribution in [3.05, 3.63) is 35.1 Å². The van der Waals surface area contributed by atoms with Crippen molar-refractivity contribution >= 4 is 0 Å². The van der Waals surface area contributed by atoms with Gasteiger partial charge < -0.3 is 5.32 Å². The van der Waals surface area contributed by atoms with Gasteiger partial charge in [0.15, 0.2) is 0 Å². The van der Waals surface area contributed by atoms with Gasteiger partial charge in [0.25, 0.3) is 0 Å². The molecule has 0 spiro atoms. The lowest BCUT2D eigenvalue weighted by molar-refractivity contribution is 0.156. The normalized spacial score (nSPS) is 24.1. The molecular weight excluding hydrogens is 265 g/mol. The molecule has 1 aromatic carbocycles. The quantitative estimate of drug-likeness (QED) is 0.929. The molecule has 2 aliphatic heterocycles. The Labute approximate surface area is 125 Å². The van der Waals surface area contributed by atoms with E-state index in [4.69, 9.17) is 5.26 Å². The largest absolute Gasteiger partial charge is 0.314 e. The van der Waals surface area contributed by atoms with E-state index in [0.717, 1.165) is 19.0 Å². The molecule has 3 nitrogen and oxygen atoms in total. The Morgan fingerprint density at radius 3 is 2.71 bits per heavy atom. The van der Waals surface area contributed by atoms with Gasteiger partial charge in [0, 0.05) is 18.2 Å². The summed E-state index contributed by atoms with van der Waals surface area (Å²) < 4.78 is 13.9. The smallest absolute Gasteiger partial charge is 0.129 e. The van der Waals surface area contributed by atoms with Crippen molar-refractivity contribution in [2.45, 2.75) is 38.3 Å². The highest BCUT2D eigenvalue weighted by molar-refractivity contribution is 5.32. The monoisotopic (exact) mass is 287 g/mol. The van der Waals surface area contributed by atoms with Crippen LogP contribution in [0.15, 0.2) is 18.2 Å². The summed E-state index contributed by atoms with van der Waals surface area (Å²) >= 11 is 0. The van der Waals surface area contributed by atoms with Gasteiger partial charge in [0.1, 0.15) is 5.82 Å². The van der Waals surface area contributed by atoms with Gasteiger partial charge in [0.2, 0.25) is 0 Å². The average Bonchev–Trinajstić information content (AvgIpc) is 3.04. The van der Waals surface area contributed by atoms with Gasteiger partial charge in [-0.3, -0.25) is 4.90 Å². The molecule has 0 saturated carbocycles. The second-order valence-corrected chi connectivity index (χ2v) is 6.23. The lowest BCUT2D eigenvalue weighted by Gasteiger charge is -2.35. The molecule has 1 aromatic rings. The standard InChI is InChI=1S/C17H22FN3/c18-16-10-13(11-19)3-4-15(16)12-21-8-5-14(6-9-21)17-2-1-7-20-17/h3-4,10,14,17,20H,1-2,5-9,12H2. The highest BCUT2D eigenvalue weighted by Crippen LogP contribution is 2.26. The first kappa shape index (κ1) is 14.5. The highest BCUT2D eigenvalue weighted by Gasteiger charge is 2.28. The molecule has 0 aromatic heterocycles. The summed E-state index contributed by atoms with van der Waals surface area (Å²) in [6, 6.07) is 7.47. The van der Waals surface area contributed by atoms with E-state index in [1.807, 2.05) is 6.07 Å². The van der Waals surface area contributed by atoms with Crippen molar-refractivity contribution in [2.75, 3.05) is 19.6 Å². The van der Waals surface area contributed by atoms with Crippen molar-refractivity contribution in [3.8, 4) is 6.07 Å². The van der Waals surface area contributed by atoms with Gasteiger partial charge >= 0.3 is 0 Å². The Kier molecular flexibility index (Phi) is 4.52. The Balaban J connectivity index is 1.54. The molecule has 0 aliphatic carbocycles. The molecule has 2 saturated heterocycles. The fourth-order valence-corrected chi connectivity index (χ4v) is 3.61. The van der Waals surface area contributed by atoms with Crippen molar-refractivity contribution in [3.63, 3.8) is 0 Å². The third-order valence-corrected chi connectivity index (χ3v) is 4.88. The molecule has 1 atom stereocenters. The van der Waals surface area contributed by atoms with Crippen molar-refractivity contribution < 1.29 is 4.39 Å². The van der Waals surface area contributed by atoms with Gasteiger partial charge in [-0.2, -0.15) is 5.26 Å². The third kappa shape index (κ3) is 3.42. The second-order valence-electron chi connectivity index (χ2n) is 6.23. The molecule has 2 fully saturated rings. The minimum atomic E-state index is -0.256. The Morgan fingerprint density at radius 1 is 1.29 bits per heavy atom. The topological polar surface area (TPSA) is 39.1 Å². The molecule has 112 valence electrons.